The molecular formula is C36H57B5N4O9. The predicted octanol–water partition coefficient (Wildman–Crippen LogP) is -5.97. The fourth-order valence-electron chi connectivity index (χ4n) is 6.74. The molecule has 18 heteroatoms. The van der Waals surface area contributed by atoms with Crippen LogP contribution in [-0.2, 0) is 19.1 Å². The van der Waals surface area contributed by atoms with Gasteiger partial charge in [-0.25, -0.2) is 0 Å². The Balaban J connectivity index is 1.47. The molecule has 1 saturated heterocycles. The number of ether oxygens (including phenoxy) is 2. The molecule has 0 bridgehead atoms. The summed E-state index contributed by atoms with van der Waals surface area (Å²) < 4.78 is 11.5. The Morgan fingerprint density at radius 1 is 0.815 bits per heavy atom. The van der Waals surface area contributed by atoms with Crippen LogP contribution < -0.4 is 48.0 Å². The molecule has 2 aromatic rings. The van der Waals surface area contributed by atoms with E-state index >= 15 is 0 Å². The maximum atomic E-state index is 13.1. The molecule has 4 amide bonds. The summed E-state index contributed by atoms with van der Waals surface area (Å²) in [5.74, 6) is -0.395. The summed E-state index contributed by atoms with van der Waals surface area (Å²) in [6.07, 6.45) is 1.63. The van der Waals surface area contributed by atoms with Gasteiger partial charge in [0.2, 0.25) is 29.9 Å². The molecule has 290 valence electrons. The molecule has 1 heterocycles. The normalized spacial score (nSPS) is 19.5. The number of amides is 4. The molecule has 6 N–H and O–H groups in total. The number of nitrogens with one attached hydrogen (secondary N) is 3. The van der Waals surface area contributed by atoms with Crippen LogP contribution >= 0.6 is 0 Å². The number of hydrogen-bond donors (Lipinski definition) is 6. The van der Waals surface area contributed by atoms with E-state index in [1.165, 1.54) is 12.4 Å². The van der Waals surface area contributed by atoms with E-state index in [1.54, 1.807) is 29.2 Å². The van der Waals surface area contributed by atoms with Gasteiger partial charge >= 0.3 is 0 Å². The lowest BCUT2D eigenvalue weighted by Crippen LogP contribution is -2.65. The Morgan fingerprint density at radius 3 is 2.06 bits per heavy atom. The van der Waals surface area contributed by atoms with Crippen molar-refractivity contribution in [2.24, 2.45) is 0 Å². The van der Waals surface area contributed by atoms with E-state index in [2.05, 4.69) is 46.4 Å². The number of carbonyl (C=O) groups is 4. The van der Waals surface area contributed by atoms with Crippen molar-refractivity contribution in [3.63, 3.8) is 0 Å². The zero-order chi connectivity index (χ0) is 39.9. The van der Waals surface area contributed by atoms with Crippen molar-refractivity contribution in [3.8, 4) is 5.75 Å². The molecule has 0 spiro atoms. The van der Waals surface area contributed by atoms with E-state index in [-0.39, 0.29) is 24.1 Å². The summed E-state index contributed by atoms with van der Waals surface area (Å²) in [5.41, 5.74) is 6.87. The van der Waals surface area contributed by atoms with Gasteiger partial charge in [-0.3, -0.25) is 19.2 Å². The maximum Gasteiger partial charge on any atom is 0.250 e. The van der Waals surface area contributed by atoms with Gasteiger partial charge in [-0.2, -0.15) is 0 Å². The lowest BCUT2D eigenvalue weighted by atomic mass is 9.60. The molecule has 54 heavy (non-hydrogen) atoms. The summed E-state index contributed by atoms with van der Waals surface area (Å²) in [7, 11) is 10.2. The van der Waals surface area contributed by atoms with Crippen LogP contribution in [0, 0.1) is 0 Å². The van der Waals surface area contributed by atoms with Gasteiger partial charge in [0.05, 0.1) is 6.61 Å². The first-order valence-corrected chi connectivity index (χ1v) is 19.3. The van der Waals surface area contributed by atoms with Gasteiger partial charge < -0.3 is 45.6 Å². The molecule has 5 atom stereocenters. The summed E-state index contributed by atoms with van der Waals surface area (Å²) >= 11 is 0. The number of anilines is 1. The second-order valence-corrected chi connectivity index (χ2v) is 14.4. The Bertz CT molecular complexity index is 1560. The highest BCUT2D eigenvalue weighted by atomic mass is 16.7. The van der Waals surface area contributed by atoms with Crippen LogP contribution in [0.2, 0.25) is 0 Å². The fourth-order valence-corrected chi connectivity index (χ4v) is 6.74. The third-order valence-corrected chi connectivity index (χ3v) is 10.5. The third-order valence-electron chi connectivity index (χ3n) is 10.5. The smallest absolute Gasteiger partial charge is 0.250 e. The number of nitrogens with zero attached hydrogens (tertiary/aromatic N) is 1. The van der Waals surface area contributed by atoms with Crippen molar-refractivity contribution in [3.05, 3.63) is 29.8 Å². The van der Waals surface area contributed by atoms with E-state index in [9.17, 15) is 34.5 Å². The van der Waals surface area contributed by atoms with Crippen LogP contribution in [-0.4, -0.2) is 140 Å². The van der Waals surface area contributed by atoms with Gasteiger partial charge in [0.1, 0.15) is 69.3 Å². The largest absolute Gasteiger partial charge is 0.463 e. The van der Waals surface area contributed by atoms with Crippen LogP contribution in [0.3, 0.4) is 0 Å². The molecule has 2 aromatic carbocycles. The highest BCUT2D eigenvalue weighted by Gasteiger charge is 2.46. The topological polar surface area (TPSA) is 187 Å². The van der Waals surface area contributed by atoms with Crippen molar-refractivity contribution in [2.75, 3.05) is 31.6 Å². The first-order valence-electron chi connectivity index (χ1n) is 19.3. The number of rotatable bonds is 20. The van der Waals surface area contributed by atoms with Crippen LogP contribution in [0.25, 0.3) is 0 Å². The second kappa shape index (κ2) is 22.0. The average molecular weight is 744 g/mol. The first-order chi connectivity index (χ1) is 25.7. The molecule has 0 saturated carbocycles. The van der Waals surface area contributed by atoms with Crippen molar-refractivity contribution < 1.29 is 44.0 Å². The number of carbonyl (C=O) groups excluding carboxylic acids is 4. The highest BCUT2D eigenvalue weighted by Crippen LogP contribution is 2.25. The molecule has 1 fully saturated rings. The number of benzene rings is 2. The van der Waals surface area contributed by atoms with Crippen molar-refractivity contribution in [1.82, 2.24) is 15.5 Å². The summed E-state index contributed by atoms with van der Waals surface area (Å²) in [6, 6.07) is 5.32. The summed E-state index contributed by atoms with van der Waals surface area (Å²) in [5, 5.41) is 38.7. The minimum atomic E-state index is -1.44. The van der Waals surface area contributed by atoms with Crippen LogP contribution in [0.4, 0.5) is 5.69 Å². The number of aliphatic hydroxyl groups excluding tert-OH is 3. The highest BCUT2D eigenvalue weighted by molar-refractivity contribution is 6.68. The standard InChI is InChI=1S/C36H57B5N4O9/c1-3-4-7-10-25(49)45(17-9-6-5-8-16-42-35(52)26-27(37)29(39)31(41)30(40)28(26)38)18-15-24(48)44-21-11-13-22(14-12-21)53-36-32(43-20(2)47)34(51)33(50)23(19-46)54-36/h11-14,23,32-34,36,46,50-51H,3-10,15-19,37-41H2,1-2H3,(H,42,52)(H,43,47)(H,44,48). The molecule has 3 rings (SSSR count). The predicted molar refractivity (Wildman–Crippen MR) is 225 cm³/mol. The summed E-state index contributed by atoms with van der Waals surface area (Å²) in [6.45, 7) is 4.23. The zero-order valence-electron chi connectivity index (χ0n) is 33.1. The quantitative estimate of drug-likeness (QED) is 0.0568. The second-order valence-electron chi connectivity index (χ2n) is 14.4. The van der Waals surface area contributed by atoms with Crippen LogP contribution in [0.1, 0.15) is 82.0 Å². The van der Waals surface area contributed by atoms with Gasteiger partial charge in [0, 0.05) is 50.7 Å². The fraction of sp³-hybridized carbons (Fsp3) is 0.556. The molecule has 5 unspecified atom stereocenters. The Kier molecular flexibility index (Phi) is 18.2. The number of aliphatic hydroxyl groups is 3. The molecule has 0 radical (unpaired) electrons. The van der Waals surface area contributed by atoms with E-state index in [0.717, 1.165) is 72.4 Å². The lowest BCUT2D eigenvalue weighted by Gasteiger charge is -2.42. The minimum absolute atomic E-state index is 0.0345. The molecule has 1 aliphatic heterocycles. The third kappa shape index (κ3) is 12.7. The van der Waals surface area contributed by atoms with E-state index in [0.29, 0.717) is 37.5 Å². The van der Waals surface area contributed by atoms with Crippen LogP contribution in [0.5, 0.6) is 5.75 Å². The molecule has 13 nitrogen and oxygen atoms in total. The number of unbranched alkanes of at least 4 members (excludes halogenated alkanes) is 5. The van der Waals surface area contributed by atoms with E-state index in [1.807, 2.05) is 15.7 Å². The minimum Gasteiger partial charge on any atom is -0.463 e. The molecule has 0 aromatic heterocycles. The average Bonchev–Trinajstić information content (AvgIpc) is 3.14. The number of hydrogen-bond acceptors (Lipinski definition) is 9. The van der Waals surface area contributed by atoms with Gasteiger partial charge in [0.15, 0.2) is 0 Å². The Morgan fingerprint density at radius 2 is 1.44 bits per heavy atom. The first kappa shape index (κ1) is 44.7. The van der Waals surface area contributed by atoms with E-state index in [4.69, 9.17) is 9.47 Å². The molecule has 1 aliphatic rings. The Labute approximate surface area is 324 Å². The van der Waals surface area contributed by atoms with Crippen molar-refractivity contribution in [2.45, 2.75) is 102 Å². The van der Waals surface area contributed by atoms with Gasteiger partial charge in [-0.1, -0.05) is 43.5 Å². The zero-order valence-corrected chi connectivity index (χ0v) is 33.1. The van der Waals surface area contributed by atoms with E-state index < -0.39 is 43.2 Å². The van der Waals surface area contributed by atoms with Crippen molar-refractivity contribution >= 4 is 95.9 Å². The maximum absolute atomic E-state index is 13.1. The monoisotopic (exact) mass is 744 g/mol. The molecule has 0 aliphatic carbocycles. The Hall–Kier alpha value is -3.72. The lowest BCUT2D eigenvalue weighted by molar-refractivity contribution is -0.244. The van der Waals surface area contributed by atoms with Gasteiger partial charge in [-0.15, -0.1) is 16.4 Å². The molecular weight excluding hydrogens is 686 g/mol. The van der Waals surface area contributed by atoms with Crippen molar-refractivity contribution in [1.29, 1.82) is 0 Å². The van der Waals surface area contributed by atoms with Gasteiger partial charge in [0.25, 0.3) is 0 Å². The van der Waals surface area contributed by atoms with Gasteiger partial charge in [-0.05, 0) is 43.5 Å². The summed E-state index contributed by atoms with van der Waals surface area (Å²) in [4.78, 5) is 52.6. The van der Waals surface area contributed by atoms with Crippen LogP contribution in [0.15, 0.2) is 24.3 Å². The SMILES string of the molecule is Bc1c(B)c(B)c(C(=O)NCCCCCCN(CCC(=O)Nc2ccc(OC3OC(CO)C(O)C(O)C3NC(C)=O)cc2)C(=O)CCCCC)c(B)c1B.